The summed E-state index contributed by atoms with van der Waals surface area (Å²) in [6, 6.07) is 11.0. The molecule has 186 valence electrons. The van der Waals surface area contributed by atoms with Crippen molar-refractivity contribution in [3.05, 3.63) is 77.2 Å². The summed E-state index contributed by atoms with van der Waals surface area (Å²) in [5, 5.41) is 2.58. The zero-order valence-electron chi connectivity index (χ0n) is 18.4. The Bertz CT molecular complexity index is 1310. The van der Waals surface area contributed by atoms with Crippen molar-refractivity contribution in [3.8, 4) is 0 Å². The van der Waals surface area contributed by atoms with Gasteiger partial charge in [0.25, 0.3) is 11.9 Å². The largest absolute Gasteiger partial charge is 0.431 e. The lowest BCUT2D eigenvalue weighted by molar-refractivity contribution is -0.137. The van der Waals surface area contributed by atoms with Gasteiger partial charge in [0.05, 0.1) is 24.8 Å². The molecule has 1 aliphatic heterocycles. The highest BCUT2D eigenvalue weighted by atomic mass is 32.2. The predicted octanol–water partition coefficient (Wildman–Crippen LogP) is 3.79. The molecule has 1 atom stereocenters. The van der Waals surface area contributed by atoms with Crippen LogP contribution >= 0.6 is 0 Å². The van der Waals surface area contributed by atoms with Gasteiger partial charge in [-0.3, -0.25) is 4.79 Å². The molecule has 3 aromatic rings. The monoisotopic (exact) mass is 510 g/mol. The summed E-state index contributed by atoms with van der Waals surface area (Å²) in [6.45, 7) is 1.89. The summed E-state index contributed by atoms with van der Waals surface area (Å²) < 4.78 is 78.6. The number of halogens is 3. The summed E-state index contributed by atoms with van der Waals surface area (Å²) >= 11 is 0. The fraction of sp³-hybridized carbons (Fsp3) is 0.273. The summed E-state index contributed by atoms with van der Waals surface area (Å²) in [6.07, 6.45) is -3.64. The van der Waals surface area contributed by atoms with Crippen molar-refractivity contribution in [2.75, 3.05) is 25.1 Å². The molecule has 0 spiro atoms. The van der Waals surface area contributed by atoms with E-state index in [1.807, 2.05) is 4.72 Å². The Kier molecular flexibility index (Phi) is 6.83. The van der Waals surface area contributed by atoms with Gasteiger partial charge >= 0.3 is 16.4 Å². The maximum Gasteiger partial charge on any atom is 0.416 e. The van der Waals surface area contributed by atoms with Crippen LogP contribution in [0.1, 0.15) is 33.2 Å². The van der Waals surface area contributed by atoms with Gasteiger partial charge in [-0.1, -0.05) is 36.4 Å². The molecule has 1 aliphatic rings. The minimum atomic E-state index is -4.54. The molecule has 1 saturated heterocycles. The Morgan fingerprint density at radius 2 is 1.91 bits per heavy atom. The van der Waals surface area contributed by atoms with Crippen LogP contribution in [0.3, 0.4) is 0 Å². The molecule has 0 aliphatic carbocycles. The van der Waals surface area contributed by atoms with Crippen LogP contribution in [0.2, 0.25) is 0 Å². The lowest BCUT2D eigenvalue weighted by atomic mass is 10.1. The first-order chi connectivity index (χ1) is 16.5. The topological polar surface area (TPSA) is 114 Å². The van der Waals surface area contributed by atoms with Gasteiger partial charge in [0.2, 0.25) is 0 Å². The number of hydrogen-bond donors (Lipinski definition) is 2. The van der Waals surface area contributed by atoms with Crippen molar-refractivity contribution in [3.63, 3.8) is 0 Å². The smallest absolute Gasteiger partial charge is 0.416 e. The van der Waals surface area contributed by atoms with E-state index in [2.05, 4.69) is 10.3 Å². The molecule has 1 amide bonds. The molecule has 35 heavy (non-hydrogen) atoms. The number of oxazole rings is 1. The number of hydrogen-bond acceptors (Lipinski definition) is 7. The van der Waals surface area contributed by atoms with E-state index in [-0.39, 0.29) is 37.2 Å². The quantitative estimate of drug-likeness (QED) is 0.519. The SMILES string of the molecule is Cc1ccc(C(F)(F)F)cc1Nc1nc(C(=O)NS(=O)(=O)N2CCOCC2c2ccccc2)co1. The van der Waals surface area contributed by atoms with Gasteiger partial charge in [-0.2, -0.15) is 30.9 Å². The second-order valence-electron chi connectivity index (χ2n) is 7.74. The summed E-state index contributed by atoms with van der Waals surface area (Å²) in [5.41, 5.74) is 0.00338. The van der Waals surface area contributed by atoms with Crippen LogP contribution in [0.4, 0.5) is 24.9 Å². The van der Waals surface area contributed by atoms with E-state index in [0.29, 0.717) is 11.1 Å². The van der Waals surface area contributed by atoms with Gasteiger partial charge in [-0.15, -0.1) is 0 Å². The molecule has 13 heteroatoms. The van der Waals surface area contributed by atoms with Crippen molar-refractivity contribution in [2.24, 2.45) is 0 Å². The van der Waals surface area contributed by atoms with Gasteiger partial charge in [0.15, 0.2) is 5.69 Å². The third-order valence-corrected chi connectivity index (χ3v) is 6.84. The lowest BCUT2D eigenvalue weighted by Crippen LogP contribution is -2.50. The molecule has 1 fully saturated rings. The molecule has 1 aromatic heterocycles. The third-order valence-electron chi connectivity index (χ3n) is 5.34. The minimum absolute atomic E-state index is 0.0304. The number of rotatable bonds is 6. The van der Waals surface area contributed by atoms with Gasteiger partial charge in [0, 0.05) is 12.2 Å². The van der Waals surface area contributed by atoms with E-state index in [9.17, 15) is 26.4 Å². The molecule has 0 bridgehead atoms. The van der Waals surface area contributed by atoms with Crippen LogP contribution in [-0.4, -0.2) is 43.4 Å². The van der Waals surface area contributed by atoms with Crippen molar-refractivity contribution >= 4 is 27.8 Å². The zero-order chi connectivity index (χ0) is 25.2. The van der Waals surface area contributed by atoms with E-state index < -0.39 is 33.9 Å². The number of carbonyl (C=O) groups is 1. The standard InChI is InChI=1S/C22H21F3N4O5S/c1-14-7-8-16(22(23,24)25)11-17(14)26-21-27-18(12-34-21)20(30)28-35(31,32)29-9-10-33-13-19(29)15-5-3-2-4-6-15/h2-8,11-12,19H,9-10,13H2,1H3,(H,26,27)(H,28,30). The number of aryl methyl sites for hydroxylation is 1. The number of alkyl halides is 3. The van der Waals surface area contributed by atoms with Crippen molar-refractivity contribution in [2.45, 2.75) is 19.1 Å². The first-order valence-corrected chi connectivity index (χ1v) is 11.9. The number of amides is 1. The van der Waals surface area contributed by atoms with Crippen LogP contribution in [0.5, 0.6) is 0 Å². The molecule has 4 rings (SSSR count). The summed E-state index contributed by atoms with van der Waals surface area (Å²) in [5.74, 6) is -1.05. The molecule has 0 radical (unpaired) electrons. The van der Waals surface area contributed by atoms with Gasteiger partial charge in [0.1, 0.15) is 6.26 Å². The van der Waals surface area contributed by atoms with Crippen LogP contribution in [0, 0.1) is 6.92 Å². The zero-order valence-corrected chi connectivity index (χ0v) is 19.2. The van der Waals surface area contributed by atoms with Crippen LogP contribution < -0.4 is 10.0 Å². The number of anilines is 2. The first kappa shape index (κ1) is 24.7. The molecule has 2 N–H and O–H groups in total. The summed E-state index contributed by atoms with van der Waals surface area (Å²) in [4.78, 5) is 16.5. The highest BCUT2D eigenvalue weighted by Gasteiger charge is 2.36. The highest BCUT2D eigenvalue weighted by Crippen LogP contribution is 2.33. The van der Waals surface area contributed by atoms with Gasteiger partial charge in [-0.25, -0.2) is 4.72 Å². The fourth-order valence-corrected chi connectivity index (χ4v) is 4.81. The Balaban J connectivity index is 1.49. The Morgan fingerprint density at radius 1 is 1.17 bits per heavy atom. The normalized spacial score (nSPS) is 17.2. The molecular formula is C22H21F3N4O5S. The highest BCUT2D eigenvalue weighted by molar-refractivity contribution is 7.87. The molecule has 2 heterocycles. The van der Waals surface area contributed by atoms with Crippen molar-refractivity contribution < 1.29 is 35.5 Å². The van der Waals surface area contributed by atoms with E-state index >= 15 is 0 Å². The Morgan fingerprint density at radius 3 is 2.63 bits per heavy atom. The molecule has 2 aromatic carbocycles. The Labute approximate surface area is 199 Å². The predicted molar refractivity (Wildman–Crippen MR) is 119 cm³/mol. The van der Waals surface area contributed by atoms with E-state index in [0.717, 1.165) is 22.7 Å². The van der Waals surface area contributed by atoms with Gasteiger partial charge < -0.3 is 14.5 Å². The maximum atomic E-state index is 13.0. The lowest BCUT2D eigenvalue weighted by Gasteiger charge is -2.34. The Hall–Kier alpha value is -3.42. The molecule has 0 saturated carbocycles. The van der Waals surface area contributed by atoms with Crippen molar-refractivity contribution in [1.29, 1.82) is 0 Å². The average Bonchev–Trinajstić information content (AvgIpc) is 3.29. The number of ether oxygens (including phenoxy) is 1. The van der Waals surface area contributed by atoms with Crippen LogP contribution in [-0.2, 0) is 21.1 Å². The maximum absolute atomic E-state index is 13.0. The summed E-state index contributed by atoms with van der Waals surface area (Å²) in [7, 11) is -4.28. The third kappa shape index (κ3) is 5.63. The molecule has 9 nitrogen and oxygen atoms in total. The second kappa shape index (κ2) is 9.68. The van der Waals surface area contributed by atoms with E-state index in [1.54, 1.807) is 37.3 Å². The van der Waals surface area contributed by atoms with E-state index in [4.69, 9.17) is 9.15 Å². The number of benzene rings is 2. The average molecular weight is 510 g/mol. The van der Waals surface area contributed by atoms with Crippen LogP contribution in [0.15, 0.2) is 59.2 Å². The van der Waals surface area contributed by atoms with Crippen LogP contribution in [0.25, 0.3) is 0 Å². The number of nitrogens with one attached hydrogen (secondary N) is 2. The number of nitrogens with zero attached hydrogens (tertiary/aromatic N) is 2. The second-order valence-corrected chi connectivity index (χ2v) is 9.36. The van der Waals surface area contributed by atoms with Crippen molar-refractivity contribution in [1.82, 2.24) is 14.0 Å². The number of aromatic nitrogens is 1. The number of morpholine rings is 1. The molecular weight excluding hydrogens is 489 g/mol. The molecule has 1 unspecified atom stereocenters. The minimum Gasteiger partial charge on any atom is -0.431 e. The van der Waals surface area contributed by atoms with E-state index in [1.165, 1.54) is 6.07 Å². The fourth-order valence-electron chi connectivity index (χ4n) is 3.53. The first-order valence-electron chi connectivity index (χ1n) is 10.4. The number of carbonyl (C=O) groups excluding carboxylic acids is 1. The van der Waals surface area contributed by atoms with Gasteiger partial charge in [-0.05, 0) is 30.2 Å².